The quantitative estimate of drug-likeness (QED) is 0.858. The highest BCUT2D eigenvalue weighted by Gasteiger charge is 2.32. The van der Waals surface area contributed by atoms with Crippen LogP contribution in [0.5, 0.6) is 0 Å². The van der Waals surface area contributed by atoms with E-state index in [1.165, 1.54) is 12.4 Å². The summed E-state index contributed by atoms with van der Waals surface area (Å²) < 4.78 is 37.0. The smallest absolute Gasteiger partial charge is 0.315 e. The Morgan fingerprint density at radius 1 is 1.56 bits per heavy atom. The Bertz CT molecular complexity index is 364. The summed E-state index contributed by atoms with van der Waals surface area (Å²) in [6.07, 6.45) is -0.448. The Morgan fingerprint density at radius 2 is 2.28 bits per heavy atom. The van der Waals surface area contributed by atoms with E-state index in [0.717, 1.165) is 4.90 Å². The molecule has 0 bridgehead atoms. The molecule has 0 atom stereocenters. The van der Waals surface area contributed by atoms with Crippen molar-refractivity contribution in [2.45, 2.75) is 25.9 Å². The first kappa shape index (κ1) is 14.3. The lowest BCUT2D eigenvalue weighted by Crippen LogP contribution is -2.42. The maximum absolute atomic E-state index is 12.3. The second-order valence-electron chi connectivity index (χ2n) is 3.81. The number of hydrogen-bond acceptors (Lipinski definition) is 2. The molecule has 1 aromatic heterocycles. The third-order valence-corrected chi connectivity index (χ3v) is 2.19. The number of alkyl halides is 3. The number of H-pyrrole nitrogens is 1. The Hall–Kier alpha value is -1.73. The van der Waals surface area contributed by atoms with Gasteiger partial charge in [0.15, 0.2) is 0 Å². The first-order valence-corrected chi connectivity index (χ1v) is 5.54. The van der Waals surface area contributed by atoms with Crippen LogP contribution in [0.2, 0.25) is 0 Å². The van der Waals surface area contributed by atoms with Crippen molar-refractivity contribution in [1.29, 1.82) is 0 Å². The van der Waals surface area contributed by atoms with Crippen LogP contribution in [0.4, 0.5) is 23.7 Å². The van der Waals surface area contributed by atoms with Crippen molar-refractivity contribution in [3.8, 4) is 0 Å². The van der Waals surface area contributed by atoms with Gasteiger partial charge in [0, 0.05) is 12.7 Å². The molecule has 0 radical (unpaired) electrons. The Morgan fingerprint density at radius 3 is 2.78 bits per heavy atom. The van der Waals surface area contributed by atoms with Crippen molar-refractivity contribution in [2.24, 2.45) is 0 Å². The van der Waals surface area contributed by atoms with E-state index < -0.39 is 18.8 Å². The number of nitrogens with zero attached hydrogens (tertiary/aromatic N) is 2. The summed E-state index contributed by atoms with van der Waals surface area (Å²) in [5, 5.41) is 8.40. The molecular weight excluding hydrogens is 249 g/mol. The zero-order valence-electron chi connectivity index (χ0n) is 9.92. The van der Waals surface area contributed by atoms with Crippen LogP contribution in [0.15, 0.2) is 12.4 Å². The summed E-state index contributed by atoms with van der Waals surface area (Å²) in [5.41, 5.74) is 0.337. The Balaban J connectivity index is 2.60. The third kappa shape index (κ3) is 5.07. The fourth-order valence-electron chi connectivity index (χ4n) is 1.34. The molecule has 2 N–H and O–H groups in total. The van der Waals surface area contributed by atoms with E-state index in [1.54, 1.807) is 0 Å². The Labute approximate surface area is 102 Å². The molecule has 0 aliphatic heterocycles. The fourth-order valence-corrected chi connectivity index (χ4v) is 1.34. The van der Waals surface area contributed by atoms with E-state index in [-0.39, 0.29) is 6.54 Å². The van der Waals surface area contributed by atoms with Crippen molar-refractivity contribution >= 4 is 11.7 Å². The van der Waals surface area contributed by atoms with Gasteiger partial charge in [-0.15, -0.1) is 0 Å². The third-order valence-electron chi connectivity index (χ3n) is 2.19. The van der Waals surface area contributed by atoms with E-state index in [4.69, 9.17) is 0 Å². The molecule has 0 aliphatic carbocycles. The highest BCUT2D eigenvalue weighted by molar-refractivity contribution is 5.88. The van der Waals surface area contributed by atoms with Gasteiger partial charge in [-0.1, -0.05) is 13.3 Å². The van der Waals surface area contributed by atoms with E-state index in [0.29, 0.717) is 18.5 Å². The van der Waals surface area contributed by atoms with Gasteiger partial charge >= 0.3 is 12.2 Å². The molecule has 0 fully saturated rings. The van der Waals surface area contributed by atoms with Crippen molar-refractivity contribution in [3.63, 3.8) is 0 Å². The lowest BCUT2D eigenvalue weighted by atomic mass is 10.3. The molecule has 1 heterocycles. The number of aromatic amines is 1. The predicted octanol–water partition coefficient (Wildman–Crippen LogP) is 2.61. The SMILES string of the molecule is CCCCN(CC(F)(F)F)C(=O)Nc1cn[nH]c1. The minimum Gasteiger partial charge on any atom is -0.315 e. The summed E-state index contributed by atoms with van der Waals surface area (Å²) in [4.78, 5) is 12.4. The second kappa shape index (κ2) is 6.27. The average molecular weight is 264 g/mol. The molecule has 1 aromatic rings. The van der Waals surface area contributed by atoms with Gasteiger partial charge < -0.3 is 10.2 Å². The van der Waals surface area contributed by atoms with E-state index in [9.17, 15) is 18.0 Å². The largest absolute Gasteiger partial charge is 0.406 e. The Kier molecular flexibility index (Phi) is 4.99. The number of urea groups is 1. The summed E-state index contributed by atoms with van der Waals surface area (Å²) in [7, 11) is 0. The molecule has 8 heteroatoms. The molecular formula is C10H15F3N4O. The molecule has 102 valence electrons. The molecule has 2 amide bonds. The molecule has 0 aromatic carbocycles. The average Bonchev–Trinajstić information content (AvgIpc) is 2.75. The van der Waals surface area contributed by atoms with Gasteiger partial charge in [0.2, 0.25) is 0 Å². The summed E-state index contributed by atoms with van der Waals surface area (Å²) >= 11 is 0. The normalized spacial score (nSPS) is 11.3. The number of amides is 2. The van der Waals surface area contributed by atoms with Gasteiger partial charge in [-0.2, -0.15) is 18.3 Å². The standard InChI is InChI=1S/C10H15F3N4O/c1-2-3-4-17(7-10(11,12)13)9(18)16-8-5-14-15-6-8/h5-6H,2-4,7H2,1H3,(H,14,15)(H,16,18). The lowest BCUT2D eigenvalue weighted by molar-refractivity contribution is -0.139. The molecule has 0 saturated heterocycles. The van der Waals surface area contributed by atoms with Crippen LogP contribution < -0.4 is 5.32 Å². The van der Waals surface area contributed by atoms with E-state index in [2.05, 4.69) is 15.5 Å². The van der Waals surface area contributed by atoms with Crippen molar-refractivity contribution in [1.82, 2.24) is 15.1 Å². The van der Waals surface area contributed by atoms with Gasteiger partial charge in [0.25, 0.3) is 0 Å². The second-order valence-corrected chi connectivity index (χ2v) is 3.81. The van der Waals surface area contributed by atoms with Crippen LogP contribution in [-0.4, -0.2) is 40.4 Å². The predicted molar refractivity (Wildman–Crippen MR) is 60.1 cm³/mol. The van der Waals surface area contributed by atoms with Crippen LogP contribution in [0.3, 0.4) is 0 Å². The summed E-state index contributed by atoms with van der Waals surface area (Å²) in [5.74, 6) is 0. The van der Waals surface area contributed by atoms with Crippen LogP contribution >= 0.6 is 0 Å². The number of carbonyl (C=O) groups excluding carboxylic acids is 1. The van der Waals surface area contributed by atoms with Crippen molar-refractivity contribution in [2.75, 3.05) is 18.4 Å². The molecule has 5 nitrogen and oxygen atoms in total. The van der Waals surface area contributed by atoms with Gasteiger partial charge in [0.1, 0.15) is 6.54 Å². The lowest BCUT2D eigenvalue weighted by Gasteiger charge is -2.23. The van der Waals surface area contributed by atoms with Gasteiger partial charge in [-0.3, -0.25) is 5.10 Å². The molecule has 0 aliphatic rings. The number of aromatic nitrogens is 2. The number of hydrogen-bond donors (Lipinski definition) is 2. The minimum atomic E-state index is -4.40. The number of anilines is 1. The summed E-state index contributed by atoms with van der Waals surface area (Å²) in [6.45, 7) is 0.663. The topological polar surface area (TPSA) is 61.0 Å². The van der Waals surface area contributed by atoms with Crippen molar-refractivity contribution in [3.05, 3.63) is 12.4 Å². The first-order valence-electron chi connectivity index (χ1n) is 5.54. The van der Waals surface area contributed by atoms with Crippen LogP contribution in [0.1, 0.15) is 19.8 Å². The maximum atomic E-state index is 12.3. The first-order chi connectivity index (χ1) is 8.42. The van der Waals surface area contributed by atoms with Crippen molar-refractivity contribution < 1.29 is 18.0 Å². The van der Waals surface area contributed by atoms with Gasteiger partial charge in [-0.05, 0) is 6.42 Å². The highest BCUT2D eigenvalue weighted by atomic mass is 19.4. The highest BCUT2D eigenvalue weighted by Crippen LogP contribution is 2.17. The minimum absolute atomic E-state index is 0.0691. The zero-order chi connectivity index (χ0) is 13.6. The number of nitrogens with one attached hydrogen (secondary N) is 2. The van der Waals surface area contributed by atoms with E-state index in [1.807, 2.05) is 6.92 Å². The summed E-state index contributed by atoms with van der Waals surface area (Å²) in [6, 6.07) is -0.776. The van der Waals surface area contributed by atoms with Crippen LogP contribution in [0, 0.1) is 0 Å². The number of halogens is 3. The molecule has 1 rings (SSSR count). The molecule has 0 unspecified atom stereocenters. The zero-order valence-corrected chi connectivity index (χ0v) is 9.92. The van der Waals surface area contributed by atoms with Crippen LogP contribution in [0.25, 0.3) is 0 Å². The molecule has 0 saturated carbocycles. The van der Waals surface area contributed by atoms with E-state index >= 15 is 0 Å². The number of rotatable bonds is 5. The number of unbranched alkanes of at least 4 members (excludes halogenated alkanes) is 1. The van der Waals surface area contributed by atoms with Gasteiger partial charge in [-0.25, -0.2) is 4.79 Å². The molecule has 18 heavy (non-hydrogen) atoms. The fraction of sp³-hybridized carbons (Fsp3) is 0.600. The van der Waals surface area contributed by atoms with Crippen LogP contribution in [-0.2, 0) is 0 Å². The maximum Gasteiger partial charge on any atom is 0.406 e. The molecule has 0 spiro atoms. The monoisotopic (exact) mass is 264 g/mol. The van der Waals surface area contributed by atoms with Gasteiger partial charge in [0.05, 0.1) is 11.9 Å². The number of carbonyl (C=O) groups is 1.